The van der Waals surface area contributed by atoms with Gasteiger partial charge in [-0.15, -0.1) is 13.2 Å². The minimum absolute atomic E-state index is 0.120. The molecule has 5 heteroatoms. The van der Waals surface area contributed by atoms with Crippen molar-refractivity contribution in [1.29, 1.82) is 0 Å². The molecule has 4 nitrogen and oxygen atoms in total. The first kappa shape index (κ1) is 17.7. The Bertz CT molecular complexity index is 263. The predicted molar refractivity (Wildman–Crippen MR) is 69.1 cm³/mol. The summed E-state index contributed by atoms with van der Waals surface area (Å²) in [6.07, 6.45) is 4.17. The molecule has 0 aromatic carbocycles. The van der Waals surface area contributed by atoms with E-state index < -0.39 is 10.1 Å². The molecule has 0 rings (SSSR count). The van der Waals surface area contributed by atoms with E-state index in [1.165, 1.54) is 0 Å². The van der Waals surface area contributed by atoms with Gasteiger partial charge in [-0.25, -0.2) is 0 Å². The fraction of sp³-hybridized carbons (Fsp3) is 0.636. The van der Waals surface area contributed by atoms with E-state index in [1.54, 1.807) is 0 Å². The molecule has 0 spiro atoms. The number of nitrogens with one attached hydrogen (secondary N) is 1. The SMILES string of the molecule is C=CCNCC=C.CC(C)CCS(=O)(=O)O. The number of hydrogen-bond donors (Lipinski definition) is 2. The van der Waals surface area contributed by atoms with Gasteiger partial charge < -0.3 is 5.32 Å². The van der Waals surface area contributed by atoms with Crippen molar-refractivity contribution in [3.63, 3.8) is 0 Å². The Labute approximate surface area is 99.2 Å². The molecule has 0 fully saturated rings. The molecule has 0 unspecified atom stereocenters. The van der Waals surface area contributed by atoms with Crippen molar-refractivity contribution in [2.45, 2.75) is 20.3 Å². The summed E-state index contributed by atoms with van der Waals surface area (Å²) in [6.45, 7) is 12.6. The molecule has 0 bridgehead atoms. The maximum atomic E-state index is 10.1. The molecule has 0 aliphatic heterocycles. The normalized spacial score (nSPS) is 10.5. The molecule has 0 amide bonds. The average Bonchev–Trinajstić information content (AvgIpc) is 2.16. The average molecular weight is 249 g/mol. The Morgan fingerprint density at radius 2 is 1.69 bits per heavy atom. The van der Waals surface area contributed by atoms with E-state index in [1.807, 2.05) is 26.0 Å². The molecule has 0 saturated carbocycles. The van der Waals surface area contributed by atoms with Crippen molar-refractivity contribution in [3.8, 4) is 0 Å². The highest BCUT2D eigenvalue weighted by molar-refractivity contribution is 7.85. The lowest BCUT2D eigenvalue weighted by molar-refractivity contribution is 0.474. The van der Waals surface area contributed by atoms with Crippen LogP contribution in [0, 0.1) is 5.92 Å². The fourth-order valence-electron chi connectivity index (χ4n) is 0.672. The Morgan fingerprint density at radius 3 is 1.88 bits per heavy atom. The van der Waals surface area contributed by atoms with Gasteiger partial charge in [0.05, 0.1) is 5.75 Å². The first-order valence-electron chi connectivity index (χ1n) is 5.21. The highest BCUT2D eigenvalue weighted by Gasteiger charge is 2.04. The van der Waals surface area contributed by atoms with Crippen LogP contribution in [0.2, 0.25) is 0 Å². The van der Waals surface area contributed by atoms with Gasteiger partial charge in [-0.3, -0.25) is 4.55 Å². The van der Waals surface area contributed by atoms with Crippen LogP contribution in [0.4, 0.5) is 0 Å². The molecule has 0 heterocycles. The standard InChI is InChI=1S/C6H11N.C5H12O3S/c1-3-5-7-6-4-2;1-5(2)3-4-9(6,7)8/h3-4,7H,1-2,5-6H2;5H,3-4H2,1-2H3,(H,6,7,8). The lowest BCUT2D eigenvalue weighted by Crippen LogP contribution is -2.11. The monoisotopic (exact) mass is 249 g/mol. The van der Waals surface area contributed by atoms with E-state index in [-0.39, 0.29) is 5.75 Å². The second-order valence-electron chi connectivity index (χ2n) is 3.70. The van der Waals surface area contributed by atoms with Gasteiger partial charge in [-0.05, 0) is 12.3 Å². The minimum atomic E-state index is -3.72. The summed E-state index contributed by atoms with van der Waals surface area (Å²) in [6, 6.07) is 0. The lowest BCUT2D eigenvalue weighted by atomic mass is 10.2. The summed E-state index contributed by atoms with van der Waals surface area (Å²) < 4.78 is 28.4. The van der Waals surface area contributed by atoms with Gasteiger partial charge >= 0.3 is 0 Å². The molecule has 0 aliphatic rings. The van der Waals surface area contributed by atoms with Crippen molar-refractivity contribution in [2.24, 2.45) is 5.92 Å². The maximum Gasteiger partial charge on any atom is 0.264 e. The minimum Gasteiger partial charge on any atom is -0.310 e. The van der Waals surface area contributed by atoms with E-state index in [9.17, 15) is 8.42 Å². The zero-order chi connectivity index (χ0) is 13.0. The van der Waals surface area contributed by atoms with Crippen LogP contribution in [0.5, 0.6) is 0 Å². The fourth-order valence-corrected chi connectivity index (χ4v) is 1.44. The maximum absolute atomic E-state index is 10.1. The van der Waals surface area contributed by atoms with E-state index in [4.69, 9.17) is 4.55 Å². The van der Waals surface area contributed by atoms with E-state index in [2.05, 4.69) is 18.5 Å². The van der Waals surface area contributed by atoms with Crippen molar-refractivity contribution in [2.75, 3.05) is 18.8 Å². The molecule has 96 valence electrons. The van der Waals surface area contributed by atoms with Gasteiger partial charge in [0, 0.05) is 13.1 Å². The predicted octanol–water partition coefficient (Wildman–Crippen LogP) is 1.87. The second kappa shape index (κ2) is 10.9. The first-order valence-corrected chi connectivity index (χ1v) is 6.82. The smallest absolute Gasteiger partial charge is 0.264 e. The third kappa shape index (κ3) is 23.3. The Morgan fingerprint density at radius 1 is 1.25 bits per heavy atom. The number of hydrogen-bond acceptors (Lipinski definition) is 3. The summed E-state index contributed by atoms with van der Waals surface area (Å²) in [5, 5.41) is 3.05. The summed E-state index contributed by atoms with van der Waals surface area (Å²) >= 11 is 0. The zero-order valence-corrected chi connectivity index (χ0v) is 11.0. The summed E-state index contributed by atoms with van der Waals surface area (Å²) in [5.74, 6) is 0.205. The Kier molecular flexibility index (Phi) is 12.0. The summed E-state index contributed by atoms with van der Waals surface area (Å²) in [7, 11) is -3.72. The van der Waals surface area contributed by atoms with Crippen LogP contribution in [0.15, 0.2) is 25.3 Å². The Balaban J connectivity index is 0. The summed E-state index contributed by atoms with van der Waals surface area (Å²) in [4.78, 5) is 0. The van der Waals surface area contributed by atoms with E-state index >= 15 is 0 Å². The van der Waals surface area contributed by atoms with Crippen LogP contribution in [0.3, 0.4) is 0 Å². The van der Waals surface area contributed by atoms with Crippen LogP contribution >= 0.6 is 0 Å². The van der Waals surface area contributed by atoms with Crippen LogP contribution in [-0.4, -0.2) is 31.8 Å². The topological polar surface area (TPSA) is 66.4 Å². The van der Waals surface area contributed by atoms with Crippen molar-refractivity contribution in [1.82, 2.24) is 5.32 Å². The van der Waals surface area contributed by atoms with Crippen molar-refractivity contribution < 1.29 is 13.0 Å². The highest BCUT2D eigenvalue weighted by atomic mass is 32.2. The molecular formula is C11H23NO3S. The molecule has 2 N–H and O–H groups in total. The van der Waals surface area contributed by atoms with Gasteiger partial charge in [0.15, 0.2) is 0 Å². The van der Waals surface area contributed by atoms with E-state index in [0.717, 1.165) is 13.1 Å². The molecular weight excluding hydrogens is 226 g/mol. The molecule has 0 radical (unpaired) electrons. The molecule has 0 atom stereocenters. The molecule has 0 saturated heterocycles. The van der Waals surface area contributed by atoms with Crippen LogP contribution in [0.25, 0.3) is 0 Å². The van der Waals surface area contributed by atoms with E-state index in [0.29, 0.717) is 12.3 Å². The largest absolute Gasteiger partial charge is 0.310 e. The second-order valence-corrected chi connectivity index (χ2v) is 5.28. The highest BCUT2D eigenvalue weighted by Crippen LogP contribution is 2.00. The van der Waals surface area contributed by atoms with Crippen molar-refractivity contribution in [3.05, 3.63) is 25.3 Å². The summed E-state index contributed by atoms with van der Waals surface area (Å²) in [5.41, 5.74) is 0. The molecule has 0 aliphatic carbocycles. The van der Waals surface area contributed by atoms with Crippen molar-refractivity contribution >= 4 is 10.1 Å². The van der Waals surface area contributed by atoms with Gasteiger partial charge in [0.2, 0.25) is 0 Å². The number of rotatable bonds is 7. The molecule has 16 heavy (non-hydrogen) atoms. The zero-order valence-electron chi connectivity index (χ0n) is 10.1. The van der Waals surface area contributed by atoms with Crippen LogP contribution in [0.1, 0.15) is 20.3 Å². The lowest BCUT2D eigenvalue weighted by Gasteiger charge is -1.99. The van der Waals surface area contributed by atoms with Gasteiger partial charge in [0.1, 0.15) is 0 Å². The third-order valence-electron chi connectivity index (χ3n) is 1.53. The van der Waals surface area contributed by atoms with Crippen LogP contribution < -0.4 is 5.32 Å². The van der Waals surface area contributed by atoms with Gasteiger partial charge in [-0.2, -0.15) is 8.42 Å². The van der Waals surface area contributed by atoms with Gasteiger partial charge in [0.25, 0.3) is 10.1 Å². The molecule has 0 aromatic heterocycles. The quantitative estimate of drug-likeness (QED) is 0.411. The Hall–Kier alpha value is -0.650. The molecule has 0 aromatic rings. The first-order chi connectivity index (χ1) is 7.33. The van der Waals surface area contributed by atoms with Gasteiger partial charge in [-0.1, -0.05) is 26.0 Å². The third-order valence-corrected chi connectivity index (χ3v) is 2.28. The van der Waals surface area contributed by atoms with Crippen LogP contribution in [-0.2, 0) is 10.1 Å².